The minimum atomic E-state index is 0.475. The largest absolute Gasteiger partial charge is 0.467 e. The number of hydrogen-bond donors (Lipinski definition) is 2. The van der Waals surface area contributed by atoms with E-state index in [9.17, 15) is 0 Å². The number of nitrogens with two attached hydrogens (primary N) is 1. The van der Waals surface area contributed by atoms with E-state index in [2.05, 4.69) is 15.3 Å². The third kappa shape index (κ3) is 1.98. The van der Waals surface area contributed by atoms with Crippen LogP contribution in [0.4, 0.5) is 11.8 Å². The summed E-state index contributed by atoms with van der Waals surface area (Å²) in [5.41, 5.74) is 6.72. The Labute approximate surface area is 104 Å². The molecule has 2 aromatic heterocycles. The summed E-state index contributed by atoms with van der Waals surface area (Å²) in [5, 5.41) is 3.95. The van der Waals surface area contributed by atoms with Crippen molar-refractivity contribution in [1.82, 2.24) is 9.97 Å². The molecule has 0 saturated heterocycles. The predicted octanol–water partition coefficient (Wildman–Crippen LogP) is 2.42. The molecule has 18 heavy (non-hydrogen) atoms. The lowest BCUT2D eigenvalue weighted by molar-refractivity contribution is 0.517. The number of para-hydroxylation sites is 1. The Hall–Kier alpha value is -2.56. The fourth-order valence-electron chi connectivity index (χ4n) is 1.76. The van der Waals surface area contributed by atoms with E-state index in [-0.39, 0.29) is 0 Å². The monoisotopic (exact) mass is 240 g/mol. The maximum Gasteiger partial charge on any atom is 0.225 e. The van der Waals surface area contributed by atoms with Gasteiger partial charge in [0.25, 0.3) is 0 Å². The maximum absolute atomic E-state index is 5.89. The van der Waals surface area contributed by atoms with Gasteiger partial charge in [-0.3, -0.25) is 0 Å². The Kier molecular flexibility index (Phi) is 2.57. The topological polar surface area (TPSA) is 77.0 Å². The van der Waals surface area contributed by atoms with Gasteiger partial charge in [-0.2, -0.15) is 4.98 Å². The second-order valence-corrected chi connectivity index (χ2v) is 3.88. The molecule has 0 spiro atoms. The molecule has 0 fully saturated rings. The number of rotatable bonds is 3. The lowest BCUT2D eigenvalue weighted by atomic mass is 10.2. The number of fused-ring (bicyclic) bond motifs is 1. The summed E-state index contributed by atoms with van der Waals surface area (Å²) in [6.45, 7) is 0.533. The van der Waals surface area contributed by atoms with E-state index in [4.69, 9.17) is 10.2 Å². The van der Waals surface area contributed by atoms with Gasteiger partial charge in [0.05, 0.1) is 18.3 Å². The third-order valence-corrected chi connectivity index (χ3v) is 2.63. The molecule has 0 saturated carbocycles. The van der Waals surface area contributed by atoms with Crippen LogP contribution in [0.1, 0.15) is 5.76 Å². The Morgan fingerprint density at radius 2 is 2.00 bits per heavy atom. The summed E-state index contributed by atoms with van der Waals surface area (Å²) in [7, 11) is 0. The number of anilines is 2. The van der Waals surface area contributed by atoms with Crippen molar-refractivity contribution >= 4 is 22.7 Å². The normalized spacial score (nSPS) is 10.7. The molecular weight excluding hydrogens is 228 g/mol. The van der Waals surface area contributed by atoms with Gasteiger partial charge in [-0.1, -0.05) is 12.1 Å². The lowest BCUT2D eigenvalue weighted by Crippen LogP contribution is -2.05. The quantitative estimate of drug-likeness (QED) is 0.735. The van der Waals surface area contributed by atoms with E-state index in [0.717, 1.165) is 16.7 Å². The van der Waals surface area contributed by atoms with Crippen LogP contribution >= 0.6 is 0 Å². The van der Waals surface area contributed by atoms with Crippen LogP contribution in [0.15, 0.2) is 47.1 Å². The van der Waals surface area contributed by atoms with E-state index in [1.165, 1.54) is 0 Å². The first kappa shape index (κ1) is 10.6. The van der Waals surface area contributed by atoms with Gasteiger partial charge in [0.1, 0.15) is 11.6 Å². The molecule has 90 valence electrons. The van der Waals surface area contributed by atoms with Crippen molar-refractivity contribution in [2.24, 2.45) is 0 Å². The van der Waals surface area contributed by atoms with E-state index < -0.39 is 0 Å². The number of furan rings is 1. The number of nitrogens with zero attached hydrogens (tertiary/aromatic N) is 2. The molecule has 5 heteroatoms. The standard InChI is InChI=1S/C13H12N4O/c14-12-10-5-1-2-6-11(10)16-13(17-12)15-8-9-4-3-7-18-9/h1-7H,8H2,(H3,14,15,16,17). The lowest BCUT2D eigenvalue weighted by Gasteiger charge is -2.06. The highest BCUT2D eigenvalue weighted by Crippen LogP contribution is 2.19. The van der Waals surface area contributed by atoms with Gasteiger partial charge in [0.2, 0.25) is 5.95 Å². The summed E-state index contributed by atoms with van der Waals surface area (Å²) in [6, 6.07) is 11.4. The first-order valence-electron chi connectivity index (χ1n) is 5.61. The molecule has 1 aromatic carbocycles. The van der Waals surface area contributed by atoms with Crippen molar-refractivity contribution in [3.05, 3.63) is 48.4 Å². The molecule has 0 bridgehead atoms. The average Bonchev–Trinajstić information content (AvgIpc) is 2.90. The molecular formula is C13H12N4O. The van der Waals surface area contributed by atoms with Crippen molar-refractivity contribution in [1.29, 1.82) is 0 Å². The summed E-state index contributed by atoms with van der Waals surface area (Å²) in [5.74, 6) is 1.80. The Bertz CT molecular complexity index is 664. The summed E-state index contributed by atoms with van der Waals surface area (Å²) in [4.78, 5) is 8.61. The molecule has 3 N–H and O–H groups in total. The highest BCUT2D eigenvalue weighted by Gasteiger charge is 2.04. The van der Waals surface area contributed by atoms with Gasteiger partial charge < -0.3 is 15.5 Å². The molecule has 5 nitrogen and oxygen atoms in total. The Morgan fingerprint density at radius 1 is 1.11 bits per heavy atom. The van der Waals surface area contributed by atoms with E-state index in [0.29, 0.717) is 18.3 Å². The predicted molar refractivity (Wildman–Crippen MR) is 70.0 cm³/mol. The van der Waals surface area contributed by atoms with Gasteiger partial charge in [-0.25, -0.2) is 4.98 Å². The third-order valence-electron chi connectivity index (χ3n) is 2.63. The fourth-order valence-corrected chi connectivity index (χ4v) is 1.76. The second-order valence-electron chi connectivity index (χ2n) is 3.88. The Morgan fingerprint density at radius 3 is 2.83 bits per heavy atom. The highest BCUT2D eigenvalue weighted by atomic mass is 16.3. The van der Waals surface area contributed by atoms with Gasteiger partial charge >= 0.3 is 0 Å². The van der Waals surface area contributed by atoms with E-state index >= 15 is 0 Å². The minimum absolute atomic E-state index is 0.475. The van der Waals surface area contributed by atoms with Crippen LogP contribution < -0.4 is 11.1 Å². The number of nitrogens with one attached hydrogen (secondary N) is 1. The highest BCUT2D eigenvalue weighted by molar-refractivity contribution is 5.88. The van der Waals surface area contributed by atoms with Crippen LogP contribution in [0, 0.1) is 0 Å². The smallest absolute Gasteiger partial charge is 0.225 e. The molecule has 0 aliphatic carbocycles. The van der Waals surface area contributed by atoms with Gasteiger partial charge in [-0.15, -0.1) is 0 Å². The zero-order valence-corrected chi connectivity index (χ0v) is 9.63. The van der Waals surface area contributed by atoms with E-state index in [1.807, 2.05) is 36.4 Å². The first-order valence-corrected chi connectivity index (χ1v) is 5.61. The van der Waals surface area contributed by atoms with Gasteiger partial charge in [0, 0.05) is 5.39 Å². The zero-order valence-electron chi connectivity index (χ0n) is 9.63. The molecule has 2 heterocycles. The second kappa shape index (κ2) is 4.37. The van der Waals surface area contributed by atoms with Crippen LogP contribution in [0.3, 0.4) is 0 Å². The fraction of sp³-hybridized carbons (Fsp3) is 0.0769. The number of benzene rings is 1. The van der Waals surface area contributed by atoms with Crippen LogP contribution in [-0.2, 0) is 6.54 Å². The molecule has 0 aliphatic rings. The molecule has 0 amide bonds. The van der Waals surface area contributed by atoms with Gasteiger partial charge in [0.15, 0.2) is 0 Å². The number of aromatic nitrogens is 2. The SMILES string of the molecule is Nc1nc(NCc2ccco2)nc2ccccc12. The molecule has 0 radical (unpaired) electrons. The first-order chi connectivity index (χ1) is 8.83. The molecule has 0 atom stereocenters. The van der Waals surface area contributed by atoms with Crippen molar-refractivity contribution in [3.63, 3.8) is 0 Å². The van der Waals surface area contributed by atoms with Crippen molar-refractivity contribution in [2.75, 3.05) is 11.1 Å². The van der Waals surface area contributed by atoms with Crippen molar-refractivity contribution in [3.8, 4) is 0 Å². The van der Waals surface area contributed by atoms with Crippen LogP contribution in [0.2, 0.25) is 0 Å². The van der Waals surface area contributed by atoms with Crippen LogP contribution in [0.5, 0.6) is 0 Å². The Balaban J connectivity index is 1.88. The van der Waals surface area contributed by atoms with Crippen LogP contribution in [-0.4, -0.2) is 9.97 Å². The zero-order chi connectivity index (χ0) is 12.4. The summed E-state index contributed by atoms with van der Waals surface area (Å²) < 4.78 is 5.22. The number of hydrogen-bond acceptors (Lipinski definition) is 5. The molecule has 0 aliphatic heterocycles. The molecule has 3 aromatic rings. The van der Waals surface area contributed by atoms with Crippen LogP contribution in [0.25, 0.3) is 10.9 Å². The molecule has 3 rings (SSSR count). The summed E-state index contributed by atoms with van der Waals surface area (Å²) in [6.07, 6.45) is 1.63. The molecule has 0 unspecified atom stereocenters. The number of nitrogen functional groups attached to an aromatic ring is 1. The minimum Gasteiger partial charge on any atom is -0.467 e. The summed E-state index contributed by atoms with van der Waals surface area (Å²) >= 11 is 0. The van der Waals surface area contributed by atoms with Crippen molar-refractivity contribution in [2.45, 2.75) is 6.54 Å². The van der Waals surface area contributed by atoms with Gasteiger partial charge in [-0.05, 0) is 24.3 Å². The maximum atomic E-state index is 5.89. The van der Waals surface area contributed by atoms with Crippen molar-refractivity contribution < 1.29 is 4.42 Å². The van der Waals surface area contributed by atoms with E-state index in [1.54, 1.807) is 6.26 Å². The average molecular weight is 240 g/mol.